The van der Waals surface area contributed by atoms with E-state index in [9.17, 15) is 14.7 Å². The maximum Gasteiger partial charge on any atom is 0.307 e. The number of carboxylic acids is 1. The summed E-state index contributed by atoms with van der Waals surface area (Å²) in [5.41, 5.74) is 0.957. The number of carbonyl (C=O) groups excluding carboxylic acids is 1. The smallest absolute Gasteiger partial charge is 0.307 e. The van der Waals surface area contributed by atoms with Crippen LogP contribution in [0.1, 0.15) is 31.1 Å². The van der Waals surface area contributed by atoms with Crippen LogP contribution in [0.2, 0.25) is 0 Å². The SMILES string of the molecule is Cc1occc1CN(C)C(=O)[C@H]1CC(C)C[C@H]1C(=O)O. The number of aliphatic carboxylic acids is 1. The Bertz CT molecular complexity index is 508. The van der Waals surface area contributed by atoms with E-state index in [1.54, 1.807) is 18.2 Å². The molecule has 3 atom stereocenters. The molecule has 1 aromatic heterocycles. The number of hydrogen-bond donors (Lipinski definition) is 1. The van der Waals surface area contributed by atoms with Crippen molar-refractivity contribution in [1.29, 1.82) is 0 Å². The highest BCUT2D eigenvalue weighted by molar-refractivity contribution is 5.85. The molecule has 5 nitrogen and oxygen atoms in total. The van der Waals surface area contributed by atoms with Gasteiger partial charge in [0.25, 0.3) is 0 Å². The van der Waals surface area contributed by atoms with Crippen LogP contribution in [0.25, 0.3) is 0 Å². The van der Waals surface area contributed by atoms with Crippen LogP contribution in [0.15, 0.2) is 16.7 Å². The Hall–Kier alpha value is -1.78. The molecule has 0 bridgehead atoms. The second-order valence-corrected chi connectivity index (χ2v) is 5.82. The highest BCUT2D eigenvalue weighted by atomic mass is 16.4. The normalized spacial score (nSPS) is 25.6. The average Bonchev–Trinajstić information content (AvgIpc) is 2.95. The van der Waals surface area contributed by atoms with E-state index in [0.29, 0.717) is 19.4 Å². The van der Waals surface area contributed by atoms with Crippen LogP contribution in [0.4, 0.5) is 0 Å². The summed E-state index contributed by atoms with van der Waals surface area (Å²) in [5, 5.41) is 9.25. The van der Waals surface area contributed by atoms with Gasteiger partial charge in [0.15, 0.2) is 0 Å². The summed E-state index contributed by atoms with van der Waals surface area (Å²) in [5.74, 6) is -0.818. The molecule has 1 N–H and O–H groups in total. The summed E-state index contributed by atoms with van der Waals surface area (Å²) >= 11 is 0. The molecule has 1 aliphatic rings. The van der Waals surface area contributed by atoms with Gasteiger partial charge in [-0.1, -0.05) is 6.92 Å². The average molecular weight is 279 g/mol. The van der Waals surface area contributed by atoms with E-state index >= 15 is 0 Å². The van der Waals surface area contributed by atoms with E-state index in [0.717, 1.165) is 11.3 Å². The summed E-state index contributed by atoms with van der Waals surface area (Å²) < 4.78 is 5.21. The number of furan rings is 1. The van der Waals surface area contributed by atoms with Crippen molar-refractivity contribution in [1.82, 2.24) is 4.90 Å². The summed E-state index contributed by atoms with van der Waals surface area (Å²) in [4.78, 5) is 25.4. The molecule has 5 heteroatoms. The second-order valence-electron chi connectivity index (χ2n) is 5.82. The standard InChI is InChI=1S/C15H21NO4/c1-9-6-12(13(7-9)15(18)19)14(17)16(3)8-11-4-5-20-10(11)2/h4-5,9,12-13H,6-8H2,1-3H3,(H,18,19)/t9?,12-,13+/m0/s1. The van der Waals surface area contributed by atoms with Crippen molar-refractivity contribution in [2.45, 2.75) is 33.2 Å². The van der Waals surface area contributed by atoms with Crippen molar-refractivity contribution in [3.8, 4) is 0 Å². The Morgan fingerprint density at radius 1 is 1.40 bits per heavy atom. The van der Waals surface area contributed by atoms with Gasteiger partial charge in [-0.25, -0.2) is 0 Å². The monoisotopic (exact) mass is 279 g/mol. The number of nitrogens with zero attached hydrogens (tertiary/aromatic N) is 1. The third-order valence-corrected chi connectivity index (χ3v) is 4.18. The van der Waals surface area contributed by atoms with Crippen LogP contribution in [0.3, 0.4) is 0 Å². The molecular formula is C15H21NO4. The predicted molar refractivity (Wildman–Crippen MR) is 72.9 cm³/mol. The third-order valence-electron chi connectivity index (χ3n) is 4.18. The van der Waals surface area contributed by atoms with Gasteiger partial charge in [0, 0.05) is 19.2 Å². The Labute approximate surface area is 118 Å². The van der Waals surface area contributed by atoms with Crippen molar-refractivity contribution < 1.29 is 19.1 Å². The lowest BCUT2D eigenvalue weighted by molar-refractivity contribution is -0.148. The number of carboxylic acid groups (broad SMARTS) is 1. The summed E-state index contributed by atoms with van der Waals surface area (Å²) in [6.07, 6.45) is 2.84. The molecular weight excluding hydrogens is 258 g/mol. The van der Waals surface area contributed by atoms with E-state index in [1.807, 2.05) is 19.9 Å². The number of amides is 1. The number of carbonyl (C=O) groups is 2. The Morgan fingerprint density at radius 2 is 2.05 bits per heavy atom. The third kappa shape index (κ3) is 2.86. The first-order chi connectivity index (χ1) is 9.40. The fraction of sp³-hybridized carbons (Fsp3) is 0.600. The minimum Gasteiger partial charge on any atom is -0.481 e. The minimum absolute atomic E-state index is 0.0812. The van der Waals surface area contributed by atoms with Gasteiger partial charge in [-0.2, -0.15) is 0 Å². The Balaban J connectivity index is 2.06. The van der Waals surface area contributed by atoms with Crippen LogP contribution in [0.5, 0.6) is 0 Å². The van der Waals surface area contributed by atoms with Crippen molar-refractivity contribution in [2.75, 3.05) is 7.05 Å². The van der Waals surface area contributed by atoms with Crippen molar-refractivity contribution in [3.05, 3.63) is 23.7 Å². The van der Waals surface area contributed by atoms with Gasteiger partial charge in [-0.3, -0.25) is 9.59 Å². The summed E-state index contributed by atoms with van der Waals surface area (Å²) in [6.45, 7) is 4.31. The van der Waals surface area contributed by atoms with E-state index in [-0.39, 0.29) is 11.8 Å². The molecule has 1 heterocycles. The lowest BCUT2D eigenvalue weighted by Gasteiger charge is -2.23. The van der Waals surface area contributed by atoms with Crippen LogP contribution in [-0.2, 0) is 16.1 Å². The number of aryl methyl sites for hydroxylation is 1. The maximum absolute atomic E-state index is 12.5. The molecule has 1 unspecified atom stereocenters. The zero-order chi connectivity index (χ0) is 14.9. The minimum atomic E-state index is -0.861. The molecule has 1 aromatic rings. The number of rotatable bonds is 4. The predicted octanol–water partition coefficient (Wildman–Crippen LogP) is 2.29. The lowest BCUT2D eigenvalue weighted by Crippen LogP contribution is -2.36. The first kappa shape index (κ1) is 14.6. The number of hydrogen-bond acceptors (Lipinski definition) is 3. The topological polar surface area (TPSA) is 70.8 Å². The van der Waals surface area contributed by atoms with E-state index < -0.39 is 17.8 Å². The molecule has 20 heavy (non-hydrogen) atoms. The molecule has 0 spiro atoms. The highest BCUT2D eigenvalue weighted by Gasteiger charge is 2.42. The van der Waals surface area contributed by atoms with Crippen molar-refractivity contribution in [2.24, 2.45) is 17.8 Å². The summed E-state index contributed by atoms with van der Waals surface area (Å²) in [7, 11) is 1.72. The van der Waals surface area contributed by atoms with Gasteiger partial charge in [-0.15, -0.1) is 0 Å². The molecule has 1 fully saturated rings. The fourth-order valence-electron chi connectivity index (χ4n) is 3.03. The van der Waals surface area contributed by atoms with Crippen LogP contribution in [0, 0.1) is 24.7 Å². The fourth-order valence-corrected chi connectivity index (χ4v) is 3.03. The van der Waals surface area contributed by atoms with Crippen molar-refractivity contribution >= 4 is 11.9 Å². The van der Waals surface area contributed by atoms with Crippen LogP contribution in [-0.4, -0.2) is 28.9 Å². The van der Waals surface area contributed by atoms with E-state index in [4.69, 9.17) is 4.42 Å². The molecule has 0 aliphatic heterocycles. The first-order valence-corrected chi connectivity index (χ1v) is 6.91. The van der Waals surface area contributed by atoms with E-state index in [1.165, 1.54) is 0 Å². The van der Waals surface area contributed by atoms with Crippen LogP contribution >= 0.6 is 0 Å². The van der Waals surface area contributed by atoms with Crippen molar-refractivity contribution in [3.63, 3.8) is 0 Å². The highest BCUT2D eigenvalue weighted by Crippen LogP contribution is 2.37. The van der Waals surface area contributed by atoms with Gasteiger partial charge in [-0.05, 0) is 31.7 Å². The Morgan fingerprint density at radius 3 is 2.60 bits per heavy atom. The molecule has 1 saturated carbocycles. The lowest BCUT2D eigenvalue weighted by atomic mass is 9.95. The largest absolute Gasteiger partial charge is 0.481 e. The van der Waals surface area contributed by atoms with E-state index in [2.05, 4.69) is 0 Å². The molecule has 0 radical (unpaired) electrons. The molecule has 1 amide bonds. The maximum atomic E-state index is 12.5. The van der Waals surface area contributed by atoms with Gasteiger partial charge in [0.2, 0.25) is 5.91 Å². The summed E-state index contributed by atoms with van der Waals surface area (Å²) in [6, 6.07) is 1.84. The quantitative estimate of drug-likeness (QED) is 0.918. The molecule has 2 rings (SSSR count). The molecule has 0 aromatic carbocycles. The molecule has 0 saturated heterocycles. The van der Waals surface area contributed by atoms with Gasteiger partial charge in [0.1, 0.15) is 5.76 Å². The Kier molecular flexibility index (Phi) is 4.16. The van der Waals surface area contributed by atoms with Gasteiger partial charge in [0.05, 0.1) is 18.1 Å². The van der Waals surface area contributed by atoms with Crippen LogP contribution < -0.4 is 0 Å². The zero-order valence-corrected chi connectivity index (χ0v) is 12.1. The molecule has 110 valence electrons. The van der Waals surface area contributed by atoms with Gasteiger partial charge >= 0.3 is 5.97 Å². The second kappa shape index (κ2) is 5.69. The van der Waals surface area contributed by atoms with Gasteiger partial charge < -0.3 is 14.4 Å². The first-order valence-electron chi connectivity index (χ1n) is 6.91. The molecule has 1 aliphatic carbocycles. The zero-order valence-electron chi connectivity index (χ0n) is 12.1.